The Hall–Kier alpha value is -5.08. The van der Waals surface area contributed by atoms with Crippen molar-refractivity contribution in [3.63, 3.8) is 0 Å². The summed E-state index contributed by atoms with van der Waals surface area (Å²) in [4.78, 5) is 25.9. The molecule has 1 aliphatic rings. The van der Waals surface area contributed by atoms with Gasteiger partial charge in [-0.25, -0.2) is 18.7 Å². The minimum Gasteiger partial charge on any atom is -0.481 e. The van der Waals surface area contributed by atoms with E-state index >= 15 is 0 Å². The molecule has 2 aromatic carbocycles. The molecule has 0 unspecified atom stereocenters. The molecule has 5 aromatic rings. The fourth-order valence-corrected chi connectivity index (χ4v) is 4.66. The third-order valence-corrected chi connectivity index (χ3v) is 6.60. The topological polar surface area (TPSA) is 157 Å². The van der Waals surface area contributed by atoms with E-state index in [1.165, 1.54) is 18.5 Å². The number of rotatable bonds is 7. The normalized spacial score (nSPS) is 14.6. The first kappa shape index (κ1) is 29.4. The average molecular weight is 591 g/mol. The first-order valence-electron chi connectivity index (χ1n) is 13.5. The predicted molar refractivity (Wildman–Crippen MR) is 157 cm³/mol. The van der Waals surface area contributed by atoms with Gasteiger partial charge in [-0.3, -0.25) is 14.8 Å². The molecule has 1 atom stereocenters. The van der Waals surface area contributed by atoms with Gasteiger partial charge in [0.25, 0.3) is 5.97 Å². The summed E-state index contributed by atoms with van der Waals surface area (Å²) < 4.78 is 27.8. The van der Waals surface area contributed by atoms with Crippen molar-refractivity contribution in [1.29, 1.82) is 0 Å². The number of nitrogens with zero attached hydrogens (tertiary/aromatic N) is 5. The van der Waals surface area contributed by atoms with Crippen LogP contribution in [0, 0.1) is 12.7 Å². The number of halogens is 1. The number of aliphatic carboxylic acids is 1. The van der Waals surface area contributed by atoms with Crippen LogP contribution in [0.1, 0.15) is 18.1 Å². The number of aryl methyl sites for hydroxylation is 1. The number of morpholine rings is 1. The van der Waals surface area contributed by atoms with E-state index in [9.17, 15) is 9.18 Å². The second-order valence-electron chi connectivity index (χ2n) is 9.87. The van der Waals surface area contributed by atoms with E-state index in [1.54, 1.807) is 23.0 Å². The van der Waals surface area contributed by atoms with Crippen LogP contribution in [0.2, 0.25) is 0 Å². The number of aromatic nitrogens is 5. The van der Waals surface area contributed by atoms with Gasteiger partial charge in [0.2, 0.25) is 0 Å². The molecular weight excluding hydrogens is 559 g/mol. The van der Waals surface area contributed by atoms with Gasteiger partial charge in [-0.2, -0.15) is 10.2 Å². The van der Waals surface area contributed by atoms with Gasteiger partial charge in [0, 0.05) is 30.1 Å². The van der Waals surface area contributed by atoms with E-state index in [4.69, 9.17) is 19.4 Å². The van der Waals surface area contributed by atoms with Crippen LogP contribution in [0.5, 0.6) is 0 Å². The summed E-state index contributed by atoms with van der Waals surface area (Å²) >= 11 is 0. The van der Waals surface area contributed by atoms with Crippen molar-refractivity contribution in [2.24, 2.45) is 0 Å². The zero-order valence-electron chi connectivity index (χ0n) is 23.6. The van der Waals surface area contributed by atoms with Gasteiger partial charge in [-0.1, -0.05) is 12.1 Å². The molecule has 14 heteroatoms. The first-order chi connectivity index (χ1) is 20.8. The number of nitrogens with one attached hydrogen (secondary N) is 3. The van der Waals surface area contributed by atoms with Crippen molar-refractivity contribution in [3.8, 4) is 0 Å². The Morgan fingerprint density at radius 1 is 1.23 bits per heavy atom. The lowest BCUT2D eigenvalue weighted by molar-refractivity contribution is -0.134. The molecule has 0 aliphatic carbocycles. The van der Waals surface area contributed by atoms with Gasteiger partial charge in [0.15, 0.2) is 5.82 Å². The highest BCUT2D eigenvalue weighted by atomic mass is 19.1. The van der Waals surface area contributed by atoms with E-state index in [0.29, 0.717) is 31.3 Å². The highest BCUT2D eigenvalue weighted by Gasteiger charge is 2.18. The lowest BCUT2D eigenvalue weighted by atomic mass is 10.2. The molecule has 3 aromatic heterocycles. The minimum absolute atomic E-state index is 0.0221. The third kappa shape index (κ3) is 7.42. The molecule has 13 nitrogen and oxygen atoms in total. The second kappa shape index (κ2) is 13.3. The summed E-state index contributed by atoms with van der Waals surface area (Å²) in [6.07, 6.45) is 4.40. The number of hydrogen-bond donors (Lipinski definition) is 4. The highest BCUT2D eigenvalue weighted by Crippen LogP contribution is 2.29. The Labute approximate surface area is 245 Å². The van der Waals surface area contributed by atoms with Crippen molar-refractivity contribution < 1.29 is 28.6 Å². The molecule has 0 bridgehead atoms. The largest absolute Gasteiger partial charge is 0.481 e. The SMILES string of the molecule is CC(=O)O.Cc1c(NC(=O)OC[C@@H]2COCCN2)cn2ncnc(Nc3ccc4c(cnn4Cc4cccc(F)c4)c3)c12. The molecule has 0 spiro atoms. The first-order valence-corrected chi connectivity index (χ1v) is 13.5. The van der Waals surface area contributed by atoms with Crippen LogP contribution in [0.4, 0.5) is 26.4 Å². The van der Waals surface area contributed by atoms with E-state index in [0.717, 1.165) is 46.7 Å². The van der Waals surface area contributed by atoms with Crippen molar-refractivity contribution in [2.75, 3.05) is 37.0 Å². The van der Waals surface area contributed by atoms with E-state index in [1.807, 2.05) is 35.9 Å². The fraction of sp³-hybridized carbons (Fsp3) is 0.276. The second-order valence-corrected chi connectivity index (χ2v) is 9.87. The third-order valence-electron chi connectivity index (χ3n) is 6.60. The number of anilines is 3. The van der Waals surface area contributed by atoms with E-state index in [2.05, 4.69) is 31.1 Å². The quantitative estimate of drug-likeness (QED) is 0.219. The van der Waals surface area contributed by atoms with Gasteiger partial charge >= 0.3 is 6.09 Å². The molecule has 224 valence electrons. The van der Waals surface area contributed by atoms with Gasteiger partial charge < -0.3 is 25.2 Å². The van der Waals surface area contributed by atoms with Gasteiger partial charge in [0.05, 0.1) is 49.4 Å². The molecule has 1 amide bonds. The van der Waals surface area contributed by atoms with Crippen LogP contribution in [-0.2, 0) is 20.8 Å². The Morgan fingerprint density at radius 2 is 2.07 bits per heavy atom. The molecule has 1 aliphatic heterocycles. The van der Waals surface area contributed by atoms with Gasteiger partial charge in [-0.15, -0.1) is 0 Å². The lowest BCUT2D eigenvalue weighted by Crippen LogP contribution is -2.44. The molecule has 6 rings (SSSR count). The summed E-state index contributed by atoms with van der Waals surface area (Å²) in [6.45, 7) is 5.55. The summed E-state index contributed by atoms with van der Waals surface area (Å²) in [6, 6.07) is 12.3. The molecule has 1 saturated heterocycles. The monoisotopic (exact) mass is 590 g/mol. The minimum atomic E-state index is -0.833. The molecular formula is C29H31FN8O5. The maximum absolute atomic E-state index is 13.6. The summed E-state index contributed by atoms with van der Waals surface area (Å²) in [5.74, 6) is -0.520. The number of ether oxygens (including phenoxy) is 2. The molecule has 0 radical (unpaired) electrons. The van der Waals surface area contributed by atoms with Crippen molar-refractivity contribution in [3.05, 3.63) is 78.1 Å². The highest BCUT2D eigenvalue weighted by molar-refractivity contribution is 5.91. The number of fused-ring (bicyclic) bond motifs is 2. The number of benzene rings is 2. The molecule has 1 fully saturated rings. The number of carbonyl (C=O) groups is 2. The molecule has 4 heterocycles. The van der Waals surface area contributed by atoms with E-state index < -0.39 is 12.1 Å². The number of carbonyl (C=O) groups excluding carboxylic acids is 1. The van der Waals surface area contributed by atoms with Gasteiger partial charge in [0.1, 0.15) is 24.3 Å². The summed E-state index contributed by atoms with van der Waals surface area (Å²) in [5, 5.41) is 26.5. The van der Waals surface area contributed by atoms with Crippen molar-refractivity contribution >= 4 is 45.7 Å². The fourth-order valence-electron chi connectivity index (χ4n) is 4.66. The number of carboxylic acids is 1. The Kier molecular flexibility index (Phi) is 9.08. The standard InChI is InChI=1S/C27H27FN8O3.C2H4O2/c1-17-23(34-27(37)39-15-22-14-38-8-7-29-22)13-36-25(17)26(30-16-32-36)33-21-5-6-24-19(10-21)11-31-35(24)12-18-3-2-4-20(28)9-18;1-2(3)4/h2-6,9-11,13,16,22,29H,7-8,12,14-15H2,1H3,(H,34,37)(H,30,32,33);1H3,(H,3,4)/t22-;/m0./s1. The Morgan fingerprint density at radius 3 is 2.84 bits per heavy atom. The van der Waals surface area contributed by atoms with Crippen LogP contribution in [0.25, 0.3) is 16.4 Å². The number of carboxylic acid groups (broad SMARTS) is 1. The number of amides is 1. The molecule has 4 N–H and O–H groups in total. The van der Waals surface area contributed by atoms with E-state index in [-0.39, 0.29) is 18.5 Å². The number of hydrogen-bond acceptors (Lipinski definition) is 9. The predicted octanol–water partition coefficient (Wildman–Crippen LogP) is 3.95. The summed E-state index contributed by atoms with van der Waals surface area (Å²) in [5.41, 5.74) is 4.66. The Balaban J connectivity index is 0.000000868. The van der Waals surface area contributed by atoms with Gasteiger partial charge in [-0.05, 0) is 42.8 Å². The van der Waals surface area contributed by atoms with Crippen LogP contribution >= 0.6 is 0 Å². The van der Waals surface area contributed by atoms with Crippen LogP contribution in [0.15, 0.2) is 61.2 Å². The smallest absolute Gasteiger partial charge is 0.411 e. The maximum atomic E-state index is 13.6. The zero-order chi connectivity index (χ0) is 30.3. The lowest BCUT2D eigenvalue weighted by Gasteiger charge is -2.23. The maximum Gasteiger partial charge on any atom is 0.411 e. The Bertz CT molecular complexity index is 1740. The van der Waals surface area contributed by atoms with Crippen LogP contribution < -0.4 is 16.0 Å². The zero-order valence-corrected chi connectivity index (χ0v) is 23.6. The van der Waals surface area contributed by atoms with Crippen molar-refractivity contribution in [2.45, 2.75) is 26.4 Å². The molecule has 43 heavy (non-hydrogen) atoms. The summed E-state index contributed by atoms with van der Waals surface area (Å²) in [7, 11) is 0. The van der Waals surface area contributed by atoms with Crippen LogP contribution in [-0.4, -0.2) is 74.0 Å². The van der Waals surface area contributed by atoms with Crippen LogP contribution in [0.3, 0.4) is 0 Å². The van der Waals surface area contributed by atoms with Crippen molar-refractivity contribution in [1.82, 2.24) is 29.7 Å². The average Bonchev–Trinajstić information content (AvgIpc) is 3.52. The molecule has 0 saturated carbocycles.